The summed E-state index contributed by atoms with van der Waals surface area (Å²) in [7, 11) is 1.67. The molecule has 0 aliphatic carbocycles. The first-order valence-electron chi connectivity index (χ1n) is 8.65. The Morgan fingerprint density at radius 3 is 2.42 bits per heavy atom. The van der Waals surface area contributed by atoms with Crippen molar-refractivity contribution in [1.82, 2.24) is 0 Å². The second-order valence-corrected chi connectivity index (χ2v) is 7.57. The third-order valence-corrected chi connectivity index (χ3v) is 5.65. The fourth-order valence-corrected chi connectivity index (χ4v) is 4.14. The lowest BCUT2D eigenvalue weighted by Gasteiger charge is -2.29. The van der Waals surface area contributed by atoms with E-state index < -0.39 is 5.72 Å². The normalized spacial score (nSPS) is 22.0. The van der Waals surface area contributed by atoms with Crippen LogP contribution in [0.2, 0.25) is 0 Å². The minimum atomic E-state index is -1.06. The molecule has 0 bridgehead atoms. The van der Waals surface area contributed by atoms with Crippen LogP contribution >= 0.6 is 15.9 Å². The maximum atomic E-state index is 11.7. The summed E-state index contributed by atoms with van der Waals surface area (Å²) in [4.78, 5) is 2.11. The molecule has 26 heavy (non-hydrogen) atoms. The van der Waals surface area contributed by atoms with Gasteiger partial charge in [-0.1, -0.05) is 28.1 Å². The van der Waals surface area contributed by atoms with Gasteiger partial charge in [0.05, 0.1) is 13.7 Å². The van der Waals surface area contributed by atoms with E-state index in [1.807, 2.05) is 48.5 Å². The third-order valence-electron chi connectivity index (χ3n) is 5.12. The number of hydrogen-bond acceptors (Lipinski definition) is 3. The number of rotatable bonds is 3. The van der Waals surface area contributed by atoms with Crippen LogP contribution in [0.4, 0.5) is 5.69 Å². The second kappa shape index (κ2) is 7.71. The van der Waals surface area contributed by atoms with Crippen molar-refractivity contribution in [2.24, 2.45) is 0 Å². The van der Waals surface area contributed by atoms with Crippen molar-refractivity contribution in [3.05, 3.63) is 58.6 Å². The monoisotopic (exact) mass is 480 g/mol. The first kappa shape index (κ1) is 19.4. The average molecular weight is 482 g/mol. The molecule has 1 N–H and O–H groups in total. The van der Waals surface area contributed by atoms with Gasteiger partial charge in [-0.15, -0.1) is 0 Å². The van der Waals surface area contributed by atoms with Crippen LogP contribution in [0.15, 0.2) is 53.0 Å². The molecule has 0 radical (unpaired) electrons. The Bertz CT molecular complexity index is 806. The highest BCUT2D eigenvalue weighted by Gasteiger charge is 2.54. The van der Waals surface area contributed by atoms with Gasteiger partial charge in [0.2, 0.25) is 0 Å². The van der Waals surface area contributed by atoms with Crippen molar-refractivity contribution < 1.29 is 31.4 Å². The predicted molar refractivity (Wildman–Crippen MR) is 102 cm³/mol. The van der Waals surface area contributed by atoms with Crippen LogP contribution < -0.4 is 26.6 Å². The molecular formula is C20H22Br2N2O2. The van der Waals surface area contributed by atoms with E-state index in [0.717, 1.165) is 40.9 Å². The number of halogens is 2. The lowest BCUT2D eigenvalue weighted by molar-refractivity contribution is -0.538. The first-order chi connectivity index (χ1) is 12.1. The zero-order chi connectivity index (χ0) is 17.4. The van der Waals surface area contributed by atoms with Gasteiger partial charge in [0.25, 0.3) is 11.6 Å². The Balaban J connectivity index is 0.00000196. The number of hydrogen-bond donors (Lipinski definition) is 1. The Hall–Kier alpha value is -1.37. The highest BCUT2D eigenvalue weighted by atomic mass is 79.9. The van der Waals surface area contributed by atoms with E-state index in [4.69, 9.17) is 4.74 Å². The van der Waals surface area contributed by atoms with Gasteiger partial charge in [-0.25, -0.2) is 0 Å². The largest absolute Gasteiger partial charge is 1.00 e. The fraction of sp³-hybridized carbons (Fsp3) is 0.350. The van der Waals surface area contributed by atoms with Gasteiger partial charge in [0.1, 0.15) is 11.4 Å². The number of nitrogens with zero attached hydrogens (tertiary/aromatic N) is 2. The standard InChI is InChI=1S/C20H22BrN2O2.BrH/c1-25-18-11-9-17(10-12-18)23-19-4-2-3-13-22(19)14-20(23,24)15-5-7-16(21)8-6-15;/h5-12,24H,2-4,13-14H2,1H3;1H/q+1;/p-1. The first-order valence-corrected chi connectivity index (χ1v) is 9.44. The van der Waals surface area contributed by atoms with Crippen LogP contribution in [-0.2, 0) is 5.72 Å². The lowest BCUT2D eigenvalue weighted by Crippen LogP contribution is -3.00. The van der Waals surface area contributed by atoms with Gasteiger partial charge in [-0.3, -0.25) is 4.58 Å². The Morgan fingerprint density at radius 1 is 1.08 bits per heavy atom. The van der Waals surface area contributed by atoms with Crippen molar-refractivity contribution in [2.45, 2.75) is 25.0 Å². The summed E-state index contributed by atoms with van der Waals surface area (Å²) in [6, 6.07) is 15.9. The zero-order valence-corrected chi connectivity index (χ0v) is 17.8. The molecule has 2 aromatic carbocycles. The van der Waals surface area contributed by atoms with Crippen LogP contribution in [0.1, 0.15) is 24.8 Å². The summed E-state index contributed by atoms with van der Waals surface area (Å²) in [6.07, 6.45) is 3.33. The topological polar surface area (TPSA) is 35.7 Å². The van der Waals surface area contributed by atoms with E-state index in [9.17, 15) is 5.11 Å². The van der Waals surface area contributed by atoms with Crippen LogP contribution in [0.25, 0.3) is 0 Å². The van der Waals surface area contributed by atoms with Crippen molar-refractivity contribution in [3.8, 4) is 5.75 Å². The van der Waals surface area contributed by atoms with E-state index in [2.05, 4.69) is 25.4 Å². The summed E-state index contributed by atoms with van der Waals surface area (Å²) in [5, 5.41) is 11.7. The molecule has 4 nitrogen and oxygen atoms in total. The molecule has 138 valence electrons. The molecule has 0 saturated carbocycles. The summed E-state index contributed by atoms with van der Waals surface area (Å²) in [5.74, 6) is 2.03. The molecule has 1 atom stereocenters. The van der Waals surface area contributed by atoms with Gasteiger partial charge in [0, 0.05) is 16.5 Å². The molecule has 0 spiro atoms. The Labute approximate surface area is 173 Å². The SMILES string of the molecule is COc1ccc(N2C3=[N+](CCCC3)CC2(O)c2ccc(Br)cc2)cc1.[Br-]. The van der Waals surface area contributed by atoms with E-state index in [1.165, 1.54) is 12.3 Å². The third kappa shape index (κ3) is 3.30. The summed E-state index contributed by atoms with van der Waals surface area (Å²) < 4.78 is 8.63. The molecule has 0 saturated heterocycles. The van der Waals surface area contributed by atoms with E-state index in [0.29, 0.717) is 6.54 Å². The number of anilines is 1. The number of benzene rings is 2. The molecule has 2 aliphatic heterocycles. The molecular weight excluding hydrogens is 460 g/mol. The Kier molecular flexibility index (Phi) is 5.75. The van der Waals surface area contributed by atoms with Crippen molar-refractivity contribution >= 4 is 27.5 Å². The van der Waals surface area contributed by atoms with Crippen LogP contribution in [0.5, 0.6) is 5.75 Å². The maximum absolute atomic E-state index is 11.7. The quantitative estimate of drug-likeness (QED) is 0.656. The Morgan fingerprint density at radius 2 is 1.77 bits per heavy atom. The molecule has 2 aromatic rings. The van der Waals surface area contributed by atoms with Gasteiger partial charge in [0.15, 0.2) is 6.54 Å². The smallest absolute Gasteiger partial charge is 0.275 e. The molecule has 0 amide bonds. The average Bonchev–Trinajstić information content (AvgIpc) is 2.95. The van der Waals surface area contributed by atoms with Gasteiger partial charge in [-0.05, 0) is 49.2 Å². The number of ether oxygens (including phenoxy) is 1. The minimum Gasteiger partial charge on any atom is -1.00 e. The number of methoxy groups -OCH3 is 1. The molecule has 2 aliphatic rings. The highest BCUT2D eigenvalue weighted by molar-refractivity contribution is 9.10. The predicted octanol–water partition coefficient (Wildman–Crippen LogP) is 0.722. The van der Waals surface area contributed by atoms with Gasteiger partial charge >= 0.3 is 0 Å². The molecule has 2 heterocycles. The van der Waals surface area contributed by atoms with E-state index >= 15 is 0 Å². The van der Waals surface area contributed by atoms with Gasteiger partial charge < -0.3 is 26.8 Å². The molecule has 4 rings (SSSR count). The van der Waals surface area contributed by atoms with Crippen molar-refractivity contribution in [3.63, 3.8) is 0 Å². The van der Waals surface area contributed by atoms with Crippen LogP contribution in [0.3, 0.4) is 0 Å². The van der Waals surface area contributed by atoms with Gasteiger partial charge in [-0.2, -0.15) is 4.90 Å². The summed E-state index contributed by atoms with van der Waals surface area (Å²) >= 11 is 3.48. The van der Waals surface area contributed by atoms with Crippen molar-refractivity contribution in [2.75, 3.05) is 25.1 Å². The number of aliphatic hydroxyl groups is 1. The molecule has 6 heteroatoms. The highest BCUT2D eigenvalue weighted by Crippen LogP contribution is 2.38. The molecule has 0 aromatic heterocycles. The fourth-order valence-electron chi connectivity index (χ4n) is 3.88. The number of amidine groups is 1. The van der Waals surface area contributed by atoms with Crippen LogP contribution in [-0.4, -0.2) is 35.7 Å². The zero-order valence-electron chi connectivity index (χ0n) is 14.7. The second-order valence-electron chi connectivity index (χ2n) is 6.65. The summed E-state index contributed by atoms with van der Waals surface area (Å²) in [6.45, 7) is 1.59. The molecule has 0 fully saturated rings. The van der Waals surface area contributed by atoms with Crippen LogP contribution in [0, 0.1) is 0 Å². The van der Waals surface area contributed by atoms with Crippen molar-refractivity contribution in [1.29, 1.82) is 0 Å². The van der Waals surface area contributed by atoms with E-state index in [1.54, 1.807) is 7.11 Å². The summed E-state index contributed by atoms with van der Waals surface area (Å²) in [5.41, 5.74) is 0.841. The minimum absolute atomic E-state index is 0. The van der Waals surface area contributed by atoms with E-state index in [-0.39, 0.29) is 17.0 Å². The lowest BCUT2D eigenvalue weighted by atomic mass is 10.0. The maximum Gasteiger partial charge on any atom is 0.275 e. The molecule has 1 unspecified atom stereocenters.